The molecule has 2 N–H and O–H groups in total. The Morgan fingerprint density at radius 2 is 1.71 bits per heavy atom. The summed E-state index contributed by atoms with van der Waals surface area (Å²) < 4.78 is 0. The molecule has 1 aliphatic rings. The minimum absolute atomic E-state index is 0.0783. The minimum atomic E-state index is -1.10. The summed E-state index contributed by atoms with van der Waals surface area (Å²) in [6.07, 6.45) is 0.474. The van der Waals surface area contributed by atoms with E-state index in [0.717, 1.165) is 4.90 Å². The zero-order valence-corrected chi connectivity index (χ0v) is 13.6. The average Bonchev–Trinajstić information content (AvgIpc) is 2.81. The molecule has 0 radical (unpaired) electrons. The maximum atomic E-state index is 12.2. The van der Waals surface area contributed by atoms with E-state index in [-0.39, 0.29) is 18.9 Å². The lowest BCUT2D eigenvalue weighted by atomic mass is 9.99. The summed E-state index contributed by atoms with van der Waals surface area (Å²) in [5.74, 6) is -2.68. The highest BCUT2D eigenvalue weighted by Crippen LogP contribution is 2.22. The van der Waals surface area contributed by atoms with Crippen molar-refractivity contribution < 1.29 is 24.3 Å². The standard InChI is InChI=1S/C17H20N2O5/c1-3-10(2)14(17(23)24)18-13(20)8-9-19-15(21)11-6-4-5-7-12(11)16(19)22/h4-7,10,14H,3,8-9H2,1-2H3,(H,18,20)(H,23,24)/t10-,14-/m0/s1. The molecule has 1 aromatic carbocycles. The predicted molar refractivity (Wildman–Crippen MR) is 85.4 cm³/mol. The number of rotatable bonds is 7. The van der Waals surface area contributed by atoms with Crippen LogP contribution in [0.1, 0.15) is 47.4 Å². The van der Waals surface area contributed by atoms with Gasteiger partial charge in [0, 0.05) is 13.0 Å². The third-order valence-electron chi connectivity index (χ3n) is 4.24. The van der Waals surface area contributed by atoms with Crippen LogP contribution in [0.5, 0.6) is 0 Å². The third-order valence-corrected chi connectivity index (χ3v) is 4.24. The van der Waals surface area contributed by atoms with Crippen LogP contribution in [0.2, 0.25) is 0 Å². The molecule has 0 aliphatic carbocycles. The van der Waals surface area contributed by atoms with Gasteiger partial charge in [-0.2, -0.15) is 0 Å². The second kappa shape index (κ2) is 7.25. The highest BCUT2D eigenvalue weighted by Gasteiger charge is 2.35. The first-order valence-corrected chi connectivity index (χ1v) is 7.84. The van der Waals surface area contributed by atoms with Crippen LogP contribution in [0.15, 0.2) is 24.3 Å². The number of hydrogen-bond donors (Lipinski definition) is 2. The number of carboxylic acids is 1. The fraction of sp³-hybridized carbons (Fsp3) is 0.412. The van der Waals surface area contributed by atoms with Crippen molar-refractivity contribution >= 4 is 23.7 Å². The largest absolute Gasteiger partial charge is 0.480 e. The van der Waals surface area contributed by atoms with E-state index in [1.54, 1.807) is 31.2 Å². The maximum Gasteiger partial charge on any atom is 0.326 e. The number of aliphatic carboxylic acids is 1. The number of amides is 3. The quantitative estimate of drug-likeness (QED) is 0.732. The van der Waals surface area contributed by atoms with Crippen molar-refractivity contribution in [1.82, 2.24) is 10.2 Å². The molecular formula is C17H20N2O5. The summed E-state index contributed by atoms with van der Waals surface area (Å²) in [5, 5.41) is 11.6. The molecule has 128 valence electrons. The molecule has 1 heterocycles. The van der Waals surface area contributed by atoms with Crippen LogP contribution in [0.3, 0.4) is 0 Å². The van der Waals surface area contributed by atoms with Crippen LogP contribution in [-0.4, -0.2) is 46.3 Å². The highest BCUT2D eigenvalue weighted by molar-refractivity contribution is 6.21. The zero-order valence-electron chi connectivity index (χ0n) is 13.6. The van der Waals surface area contributed by atoms with E-state index in [0.29, 0.717) is 17.5 Å². The highest BCUT2D eigenvalue weighted by atomic mass is 16.4. The third kappa shape index (κ3) is 3.45. The number of carbonyl (C=O) groups is 4. The molecule has 7 heteroatoms. The molecule has 2 rings (SSSR count). The van der Waals surface area contributed by atoms with Crippen LogP contribution in [0.25, 0.3) is 0 Å². The molecule has 0 aromatic heterocycles. The van der Waals surface area contributed by atoms with E-state index in [9.17, 15) is 24.3 Å². The first-order chi connectivity index (χ1) is 11.4. The van der Waals surface area contributed by atoms with E-state index >= 15 is 0 Å². The van der Waals surface area contributed by atoms with E-state index in [4.69, 9.17) is 0 Å². The van der Waals surface area contributed by atoms with Crippen LogP contribution >= 0.6 is 0 Å². The van der Waals surface area contributed by atoms with Crippen molar-refractivity contribution in [2.45, 2.75) is 32.7 Å². The number of nitrogens with one attached hydrogen (secondary N) is 1. The Morgan fingerprint density at radius 1 is 1.17 bits per heavy atom. The molecule has 24 heavy (non-hydrogen) atoms. The number of nitrogens with zero attached hydrogens (tertiary/aromatic N) is 1. The number of fused-ring (bicyclic) bond motifs is 1. The molecule has 0 bridgehead atoms. The lowest BCUT2D eigenvalue weighted by Crippen LogP contribution is -2.46. The topological polar surface area (TPSA) is 104 Å². The van der Waals surface area contributed by atoms with E-state index < -0.39 is 29.7 Å². The minimum Gasteiger partial charge on any atom is -0.480 e. The van der Waals surface area contributed by atoms with Gasteiger partial charge in [0.05, 0.1) is 11.1 Å². The van der Waals surface area contributed by atoms with Gasteiger partial charge in [-0.1, -0.05) is 32.4 Å². The van der Waals surface area contributed by atoms with Gasteiger partial charge in [0.15, 0.2) is 0 Å². The molecule has 0 fully saturated rings. The number of carboxylic acid groups (broad SMARTS) is 1. The summed E-state index contributed by atoms with van der Waals surface area (Å²) in [6.45, 7) is 3.50. The van der Waals surface area contributed by atoms with Crippen LogP contribution in [-0.2, 0) is 9.59 Å². The number of carbonyl (C=O) groups excluding carboxylic acids is 3. The Labute approximate surface area is 139 Å². The van der Waals surface area contributed by atoms with Crippen LogP contribution in [0, 0.1) is 5.92 Å². The lowest BCUT2D eigenvalue weighted by molar-refractivity contribution is -0.143. The number of benzene rings is 1. The fourth-order valence-corrected chi connectivity index (χ4v) is 2.58. The molecule has 3 amide bonds. The molecule has 0 unspecified atom stereocenters. The van der Waals surface area contributed by atoms with Gasteiger partial charge in [0.1, 0.15) is 6.04 Å². The van der Waals surface area contributed by atoms with Gasteiger partial charge in [-0.3, -0.25) is 19.3 Å². The van der Waals surface area contributed by atoms with Gasteiger partial charge in [0.2, 0.25) is 5.91 Å². The van der Waals surface area contributed by atoms with Crippen molar-refractivity contribution in [3.63, 3.8) is 0 Å². The SMILES string of the molecule is CC[C@H](C)[C@H](NC(=O)CCN1C(=O)c2ccccc2C1=O)C(=O)O. The lowest BCUT2D eigenvalue weighted by Gasteiger charge is -2.21. The van der Waals surface area contributed by atoms with Gasteiger partial charge in [-0.25, -0.2) is 4.79 Å². The molecule has 0 saturated carbocycles. The van der Waals surface area contributed by atoms with E-state index in [1.807, 2.05) is 6.92 Å². The number of imide groups is 1. The fourth-order valence-electron chi connectivity index (χ4n) is 2.58. The summed E-state index contributed by atoms with van der Waals surface area (Å²) in [6, 6.07) is 5.50. The maximum absolute atomic E-state index is 12.2. The monoisotopic (exact) mass is 332 g/mol. The Balaban J connectivity index is 1.97. The van der Waals surface area contributed by atoms with Gasteiger partial charge in [-0.05, 0) is 18.1 Å². The molecule has 0 saturated heterocycles. The second-order valence-electron chi connectivity index (χ2n) is 5.83. The van der Waals surface area contributed by atoms with E-state index in [2.05, 4.69) is 5.32 Å². The first kappa shape index (κ1) is 17.7. The van der Waals surface area contributed by atoms with Gasteiger partial charge < -0.3 is 10.4 Å². The Hall–Kier alpha value is -2.70. The number of hydrogen-bond acceptors (Lipinski definition) is 4. The molecule has 0 spiro atoms. The van der Waals surface area contributed by atoms with E-state index in [1.165, 1.54) is 0 Å². The van der Waals surface area contributed by atoms with Gasteiger partial charge in [-0.15, -0.1) is 0 Å². The second-order valence-corrected chi connectivity index (χ2v) is 5.83. The van der Waals surface area contributed by atoms with Crippen molar-refractivity contribution in [3.8, 4) is 0 Å². The van der Waals surface area contributed by atoms with Crippen molar-refractivity contribution in [1.29, 1.82) is 0 Å². The first-order valence-electron chi connectivity index (χ1n) is 7.84. The molecule has 1 aliphatic heterocycles. The average molecular weight is 332 g/mol. The molecular weight excluding hydrogens is 312 g/mol. The normalized spacial score (nSPS) is 15.8. The van der Waals surface area contributed by atoms with Crippen LogP contribution < -0.4 is 5.32 Å². The summed E-state index contributed by atoms with van der Waals surface area (Å²) in [5.41, 5.74) is 0.650. The Morgan fingerprint density at radius 3 is 2.17 bits per heavy atom. The van der Waals surface area contributed by atoms with Crippen LogP contribution in [0.4, 0.5) is 0 Å². The zero-order chi connectivity index (χ0) is 17.9. The summed E-state index contributed by atoms with van der Waals surface area (Å²) in [4.78, 5) is 48.6. The van der Waals surface area contributed by atoms with Crippen molar-refractivity contribution in [3.05, 3.63) is 35.4 Å². The van der Waals surface area contributed by atoms with Crippen molar-refractivity contribution in [2.24, 2.45) is 5.92 Å². The molecule has 2 atom stereocenters. The summed E-state index contributed by atoms with van der Waals surface area (Å²) in [7, 11) is 0. The molecule has 7 nitrogen and oxygen atoms in total. The smallest absolute Gasteiger partial charge is 0.326 e. The van der Waals surface area contributed by atoms with Gasteiger partial charge in [0.25, 0.3) is 11.8 Å². The molecule has 1 aromatic rings. The Kier molecular flexibility index (Phi) is 5.33. The van der Waals surface area contributed by atoms with Gasteiger partial charge >= 0.3 is 5.97 Å². The summed E-state index contributed by atoms with van der Waals surface area (Å²) >= 11 is 0. The Bertz CT molecular complexity index is 650. The van der Waals surface area contributed by atoms with Crippen molar-refractivity contribution in [2.75, 3.05) is 6.54 Å². The predicted octanol–water partition coefficient (Wildman–Crippen LogP) is 1.29.